The number of nitrogens with one attached hydrogen (secondary N) is 1. The van der Waals surface area contributed by atoms with Crippen LogP contribution in [-0.4, -0.2) is 12.5 Å². The monoisotopic (exact) mass is 232 g/mol. The van der Waals surface area contributed by atoms with Crippen molar-refractivity contribution in [3.8, 4) is 0 Å². The van der Waals surface area contributed by atoms with E-state index in [1.807, 2.05) is 6.07 Å². The average molecular weight is 232 g/mol. The second kappa shape index (κ2) is 5.16. The number of rotatable bonds is 4. The number of furan rings is 1. The van der Waals surface area contributed by atoms with E-state index in [0.717, 1.165) is 5.76 Å². The van der Waals surface area contributed by atoms with Gasteiger partial charge in [0.2, 0.25) is 0 Å². The molecule has 17 heavy (non-hydrogen) atoms. The van der Waals surface area contributed by atoms with Crippen LogP contribution >= 0.6 is 0 Å². The summed E-state index contributed by atoms with van der Waals surface area (Å²) >= 11 is 0. The molecular weight excluding hydrogens is 220 g/mol. The Kier molecular flexibility index (Phi) is 3.40. The summed E-state index contributed by atoms with van der Waals surface area (Å²) in [5, 5.41) is 13.7. The third kappa shape index (κ3) is 3.07. The molecule has 0 unspecified atom stereocenters. The molecule has 1 N–H and O–H groups in total. The fourth-order valence-electron chi connectivity index (χ4n) is 1.45. The molecule has 5 nitrogen and oxygen atoms in total. The van der Waals surface area contributed by atoms with E-state index >= 15 is 0 Å². The lowest BCUT2D eigenvalue weighted by molar-refractivity contribution is -0.605. The minimum absolute atomic E-state index is 0.262. The third-order valence-electron chi connectivity index (χ3n) is 2.27. The molecule has 0 bridgehead atoms. The number of carbonyl (C=O) groups is 1. The van der Waals surface area contributed by atoms with Crippen LogP contribution in [-0.2, 0) is 6.42 Å². The van der Waals surface area contributed by atoms with Crippen LogP contribution in [0.1, 0.15) is 16.1 Å². The van der Waals surface area contributed by atoms with E-state index in [9.17, 15) is 10.0 Å². The van der Waals surface area contributed by atoms with E-state index in [2.05, 4.69) is 5.32 Å². The van der Waals surface area contributed by atoms with Gasteiger partial charge in [0.1, 0.15) is 11.3 Å². The van der Waals surface area contributed by atoms with E-state index < -0.39 is 0 Å². The summed E-state index contributed by atoms with van der Waals surface area (Å²) in [4.78, 5) is 11.6. The first kappa shape index (κ1) is 11.2. The average Bonchev–Trinajstić information content (AvgIpc) is 2.82. The molecule has 0 spiro atoms. The second-order valence-corrected chi connectivity index (χ2v) is 3.54. The minimum atomic E-state index is -0.262. The highest BCUT2D eigenvalue weighted by Crippen LogP contribution is 2.00. The van der Waals surface area contributed by atoms with Gasteiger partial charge in [-0.15, -0.1) is 0 Å². The van der Waals surface area contributed by atoms with E-state index in [0.29, 0.717) is 23.3 Å². The first-order chi connectivity index (χ1) is 8.25. The molecule has 0 fully saturated rings. The first-order valence-electron chi connectivity index (χ1n) is 5.25. The van der Waals surface area contributed by atoms with Crippen molar-refractivity contribution in [1.29, 1.82) is 0 Å². The highest BCUT2D eigenvalue weighted by Gasteiger charge is 2.07. The van der Waals surface area contributed by atoms with Gasteiger partial charge in [-0.1, -0.05) is 0 Å². The van der Waals surface area contributed by atoms with Crippen LogP contribution in [0.4, 0.5) is 0 Å². The normalized spacial score (nSPS) is 10.1. The van der Waals surface area contributed by atoms with Crippen molar-refractivity contribution in [1.82, 2.24) is 5.32 Å². The largest absolute Gasteiger partial charge is 0.619 e. The lowest BCUT2D eigenvalue weighted by Gasteiger charge is -2.03. The highest BCUT2D eigenvalue weighted by molar-refractivity contribution is 5.93. The molecule has 0 saturated heterocycles. The van der Waals surface area contributed by atoms with Gasteiger partial charge in [-0.3, -0.25) is 4.79 Å². The Labute approximate surface area is 98.3 Å². The number of hydrogen-bond acceptors (Lipinski definition) is 3. The lowest BCUT2D eigenvalue weighted by Crippen LogP contribution is -2.30. The molecular formula is C12H12N2O3. The van der Waals surface area contributed by atoms with E-state index in [-0.39, 0.29) is 5.91 Å². The van der Waals surface area contributed by atoms with Crippen LogP contribution in [0.2, 0.25) is 0 Å². The summed E-state index contributed by atoms with van der Waals surface area (Å²) in [6.07, 6.45) is 4.79. The van der Waals surface area contributed by atoms with Gasteiger partial charge in [-0.25, -0.2) is 0 Å². The van der Waals surface area contributed by atoms with Gasteiger partial charge in [0.05, 0.1) is 6.26 Å². The van der Waals surface area contributed by atoms with Gasteiger partial charge < -0.3 is 14.9 Å². The topological polar surface area (TPSA) is 69.2 Å². The van der Waals surface area contributed by atoms with Crippen LogP contribution < -0.4 is 10.0 Å². The quantitative estimate of drug-likeness (QED) is 0.628. The molecule has 2 aromatic rings. The van der Waals surface area contributed by atoms with E-state index in [4.69, 9.17) is 4.42 Å². The molecule has 0 aliphatic heterocycles. The van der Waals surface area contributed by atoms with Gasteiger partial charge >= 0.3 is 0 Å². The number of nitrogens with zero attached hydrogens (tertiary/aromatic N) is 1. The van der Waals surface area contributed by atoms with Crippen LogP contribution in [0.15, 0.2) is 47.3 Å². The van der Waals surface area contributed by atoms with Gasteiger partial charge in [0, 0.05) is 19.0 Å². The maximum atomic E-state index is 11.6. The molecule has 5 heteroatoms. The van der Waals surface area contributed by atoms with Gasteiger partial charge in [0.15, 0.2) is 12.4 Å². The maximum absolute atomic E-state index is 11.6. The molecule has 2 rings (SSSR count). The molecule has 0 atom stereocenters. The van der Waals surface area contributed by atoms with Crippen molar-refractivity contribution < 1.29 is 13.9 Å². The number of pyridine rings is 1. The van der Waals surface area contributed by atoms with Crippen molar-refractivity contribution in [3.63, 3.8) is 0 Å². The van der Waals surface area contributed by atoms with Gasteiger partial charge in [-0.05, 0) is 18.2 Å². The molecule has 0 aliphatic carbocycles. The summed E-state index contributed by atoms with van der Waals surface area (Å²) in [5.41, 5.74) is 0.349. The van der Waals surface area contributed by atoms with E-state index in [1.54, 1.807) is 18.4 Å². The summed E-state index contributed by atoms with van der Waals surface area (Å²) in [6, 6.07) is 6.78. The molecule has 0 radical (unpaired) electrons. The van der Waals surface area contributed by atoms with Crippen molar-refractivity contribution >= 4 is 5.91 Å². The Hall–Kier alpha value is -2.30. The molecule has 88 valence electrons. The smallest absolute Gasteiger partial charge is 0.257 e. The van der Waals surface area contributed by atoms with Crippen molar-refractivity contribution in [2.45, 2.75) is 6.42 Å². The van der Waals surface area contributed by atoms with Crippen LogP contribution in [0, 0.1) is 5.21 Å². The molecule has 2 aromatic heterocycles. The summed E-state index contributed by atoms with van der Waals surface area (Å²) in [5.74, 6) is 0.555. The standard InChI is InChI=1S/C12H12N2O3/c15-12(10-3-1-7-14(16)9-10)13-6-5-11-4-2-8-17-11/h1-4,7-9H,5-6H2,(H,13,15). The zero-order chi connectivity index (χ0) is 12.1. The van der Waals surface area contributed by atoms with Crippen LogP contribution in [0.3, 0.4) is 0 Å². The summed E-state index contributed by atoms with van der Waals surface area (Å²) < 4.78 is 5.73. The van der Waals surface area contributed by atoms with Gasteiger partial charge in [-0.2, -0.15) is 4.73 Å². The SMILES string of the molecule is O=C(NCCc1ccco1)c1ccc[n+]([O-])c1. The van der Waals surface area contributed by atoms with Crippen molar-refractivity contribution in [2.24, 2.45) is 0 Å². The molecule has 0 aromatic carbocycles. The summed E-state index contributed by atoms with van der Waals surface area (Å²) in [6.45, 7) is 0.472. The summed E-state index contributed by atoms with van der Waals surface area (Å²) in [7, 11) is 0. The van der Waals surface area contributed by atoms with Crippen LogP contribution in [0.5, 0.6) is 0 Å². The second-order valence-electron chi connectivity index (χ2n) is 3.54. The molecule has 0 saturated carbocycles. The zero-order valence-electron chi connectivity index (χ0n) is 9.13. The number of hydrogen-bond donors (Lipinski definition) is 1. The Morgan fingerprint density at radius 3 is 3.00 bits per heavy atom. The molecule has 2 heterocycles. The lowest BCUT2D eigenvalue weighted by atomic mass is 10.2. The molecule has 0 aliphatic rings. The maximum Gasteiger partial charge on any atom is 0.257 e. The fourth-order valence-corrected chi connectivity index (χ4v) is 1.45. The number of aromatic nitrogens is 1. The molecule has 1 amide bonds. The highest BCUT2D eigenvalue weighted by atomic mass is 16.5. The Morgan fingerprint density at radius 2 is 2.29 bits per heavy atom. The Morgan fingerprint density at radius 1 is 1.41 bits per heavy atom. The Bertz CT molecular complexity index is 494. The van der Waals surface area contributed by atoms with Crippen molar-refractivity contribution in [3.05, 3.63) is 59.5 Å². The predicted molar refractivity (Wildman–Crippen MR) is 60.1 cm³/mol. The van der Waals surface area contributed by atoms with Crippen LogP contribution in [0.25, 0.3) is 0 Å². The first-order valence-corrected chi connectivity index (χ1v) is 5.25. The number of amides is 1. The zero-order valence-corrected chi connectivity index (χ0v) is 9.13. The van der Waals surface area contributed by atoms with Gasteiger partial charge in [0.25, 0.3) is 5.91 Å². The Balaban J connectivity index is 1.85. The van der Waals surface area contributed by atoms with Crippen molar-refractivity contribution in [2.75, 3.05) is 6.54 Å². The fraction of sp³-hybridized carbons (Fsp3) is 0.167. The number of carbonyl (C=O) groups excluding carboxylic acids is 1. The third-order valence-corrected chi connectivity index (χ3v) is 2.27. The van der Waals surface area contributed by atoms with E-state index in [1.165, 1.54) is 18.5 Å². The predicted octanol–water partition coefficient (Wildman–Crippen LogP) is 0.885. The minimum Gasteiger partial charge on any atom is -0.619 e.